The lowest BCUT2D eigenvalue weighted by molar-refractivity contribution is 0.135. The Morgan fingerprint density at radius 2 is 2.25 bits per heavy atom. The molecule has 0 aliphatic heterocycles. The fraction of sp³-hybridized carbons (Fsp3) is 0.667. The van der Waals surface area contributed by atoms with Crippen LogP contribution in [0.2, 0.25) is 0 Å². The van der Waals surface area contributed by atoms with E-state index in [1.807, 2.05) is 6.92 Å². The third-order valence-electron chi connectivity index (χ3n) is 1.25. The van der Waals surface area contributed by atoms with Crippen molar-refractivity contribution in [1.29, 1.82) is 0 Å². The summed E-state index contributed by atoms with van der Waals surface area (Å²) in [5.74, 6) is 0. The van der Waals surface area contributed by atoms with Crippen molar-refractivity contribution in [3.8, 4) is 0 Å². The van der Waals surface area contributed by atoms with Crippen molar-refractivity contribution in [2.45, 2.75) is 13.5 Å². The summed E-state index contributed by atoms with van der Waals surface area (Å²) in [5, 5.41) is 4.08. The molecule has 0 N–H and O–H groups in total. The van der Waals surface area contributed by atoms with Crippen LogP contribution < -0.4 is 0 Å². The smallest absolute Gasteiger partial charge is 0.218 e. The van der Waals surface area contributed by atoms with Crippen LogP contribution in [0.25, 0.3) is 0 Å². The first kappa shape index (κ1) is 10.1. The Hall–Kier alpha value is 0.0600. The predicted molar refractivity (Wildman–Crippen MR) is 51.9 cm³/mol. The lowest BCUT2D eigenvalue weighted by atomic mass is 10.7. The van der Waals surface area contributed by atoms with Gasteiger partial charge in [-0.05, 0) is 38.8 Å². The molecule has 1 heterocycles. The maximum absolute atomic E-state index is 5.18. The van der Waals surface area contributed by atoms with Gasteiger partial charge >= 0.3 is 0 Å². The van der Waals surface area contributed by atoms with Gasteiger partial charge in [-0.2, -0.15) is 4.98 Å². The summed E-state index contributed by atoms with van der Waals surface area (Å²) in [5.41, 5.74) is 0. The van der Waals surface area contributed by atoms with Crippen LogP contribution in [-0.2, 0) is 11.3 Å². The van der Waals surface area contributed by atoms with E-state index in [9.17, 15) is 0 Å². The van der Waals surface area contributed by atoms with Crippen molar-refractivity contribution in [2.24, 2.45) is 0 Å². The average Bonchev–Trinajstić information content (AvgIpc) is 2.31. The minimum Gasteiger partial charge on any atom is -0.380 e. The highest BCUT2D eigenvalue weighted by molar-refractivity contribution is 9.11. The molecule has 0 unspecified atom stereocenters. The number of ether oxygens (including phenoxy) is 1. The molecular formula is C6H9Br2N3O. The molecule has 0 atom stereocenters. The third kappa shape index (κ3) is 2.84. The van der Waals surface area contributed by atoms with E-state index in [2.05, 4.69) is 41.9 Å². The van der Waals surface area contributed by atoms with Gasteiger partial charge in [0.05, 0.1) is 13.2 Å². The molecule has 0 bridgehead atoms. The van der Waals surface area contributed by atoms with Crippen molar-refractivity contribution in [3.63, 3.8) is 0 Å². The van der Waals surface area contributed by atoms with E-state index >= 15 is 0 Å². The van der Waals surface area contributed by atoms with Gasteiger partial charge in [-0.3, -0.25) is 0 Å². The van der Waals surface area contributed by atoms with Crippen molar-refractivity contribution >= 4 is 31.9 Å². The lowest BCUT2D eigenvalue weighted by Gasteiger charge is -2.01. The first-order chi connectivity index (χ1) is 5.74. The molecule has 0 amide bonds. The van der Waals surface area contributed by atoms with Crippen molar-refractivity contribution in [3.05, 3.63) is 9.47 Å². The molecule has 12 heavy (non-hydrogen) atoms. The first-order valence-electron chi connectivity index (χ1n) is 3.57. The van der Waals surface area contributed by atoms with Crippen LogP contribution in [0.15, 0.2) is 9.47 Å². The highest BCUT2D eigenvalue weighted by Gasteiger charge is 2.03. The van der Waals surface area contributed by atoms with E-state index in [1.165, 1.54) is 0 Å². The number of hydrogen-bond acceptors (Lipinski definition) is 3. The predicted octanol–water partition coefficient (Wildman–Crippen LogP) is 1.84. The minimum absolute atomic E-state index is 0.589. The second-order valence-corrected chi connectivity index (χ2v) is 3.49. The molecular weight excluding hydrogens is 290 g/mol. The Bertz CT molecular complexity index is 251. The number of aromatic nitrogens is 3. The quantitative estimate of drug-likeness (QED) is 0.797. The number of nitrogens with zero attached hydrogens (tertiary/aromatic N) is 3. The molecule has 0 spiro atoms. The SMILES string of the molecule is CCOCCn1nc(Br)nc1Br. The largest absolute Gasteiger partial charge is 0.380 e. The van der Waals surface area contributed by atoms with Crippen LogP contribution >= 0.6 is 31.9 Å². The highest BCUT2D eigenvalue weighted by Crippen LogP contribution is 2.10. The van der Waals surface area contributed by atoms with E-state index in [0.29, 0.717) is 22.6 Å². The Morgan fingerprint density at radius 3 is 2.75 bits per heavy atom. The van der Waals surface area contributed by atoms with Gasteiger partial charge in [-0.15, -0.1) is 5.10 Å². The molecule has 0 aliphatic rings. The van der Waals surface area contributed by atoms with Gasteiger partial charge in [-0.1, -0.05) is 0 Å². The molecule has 0 saturated heterocycles. The van der Waals surface area contributed by atoms with E-state index in [1.54, 1.807) is 4.68 Å². The number of hydrogen-bond donors (Lipinski definition) is 0. The second kappa shape index (κ2) is 4.94. The van der Waals surface area contributed by atoms with Gasteiger partial charge in [0.15, 0.2) is 4.73 Å². The molecule has 4 nitrogen and oxygen atoms in total. The molecule has 0 aromatic carbocycles. The molecule has 1 aromatic rings. The summed E-state index contributed by atoms with van der Waals surface area (Å²) in [7, 11) is 0. The Balaban J connectivity index is 2.45. The molecule has 0 aliphatic carbocycles. The third-order valence-corrected chi connectivity index (χ3v) is 2.17. The van der Waals surface area contributed by atoms with Gasteiger partial charge < -0.3 is 4.74 Å². The molecule has 1 rings (SSSR count). The topological polar surface area (TPSA) is 39.9 Å². The summed E-state index contributed by atoms with van der Waals surface area (Å²) < 4.78 is 8.22. The van der Waals surface area contributed by atoms with Crippen LogP contribution in [0.1, 0.15) is 6.92 Å². The van der Waals surface area contributed by atoms with E-state index in [-0.39, 0.29) is 0 Å². The molecule has 6 heteroatoms. The Labute approximate surface area is 87.6 Å². The highest BCUT2D eigenvalue weighted by atomic mass is 79.9. The maximum Gasteiger partial charge on any atom is 0.218 e. The lowest BCUT2D eigenvalue weighted by Crippen LogP contribution is -2.07. The second-order valence-electron chi connectivity index (χ2n) is 2.07. The van der Waals surface area contributed by atoms with Crippen molar-refractivity contribution in [1.82, 2.24) is 14.8 Å². The van der Waals surface area contributed by atoms with Crippen LogP contribution in [-0.4, -0.2) is 28.0 Å². The molecule has 0 saturated carbocycles. The standard InChI is InChI=1S/C6H9Br2N3O/c1-2-12-4-3-11-6(8)9-5(7)10-11/h2-4H2,1H3. The number of rotatable bonds is 4. The normalized spacial score (nSPS) is 10.6. The Kier molecular flexibility index (Phi) is 4.17. The van der Waals surface area contributed by atoms with Gasteiger partial charge in [0.25, 0.3) is 0 Å². The molecule has 0 radical (unpaired) electrons. The van der Waals surface area contributed by atoms with E-state index in [0.717, 1.165) is 6.61 Å². The van der Waals surface area contributed by atoms with Gasteiger partial charge in [0.2, 0.25) is 4.73 Å². The molecule has 1 aromatic heterocycles. The van der Waals surface area contributed by atoms with Crippen LogP contribution in [0, 0.1) is 0 Å². The minimum atomic E-state index is 0.589. The summed E-state index contributed by atoms with van der Waals surface area (Å²) in [6.45, 7) is 4.07. The summed E-state index contributed by atoms with van der Waals surface area (Å²) in [6.07, 6.45) is 0. The molecule has 0 fully saturated rings. The van der Waals surface area contributed by atoms with Gasteiger partial charge in [0.1, 0.15) is 0 Å². The van der Waals surface area contributed by atoms with Crippen LogP contribution in [0.4, 0.5) is 0 Å². The summed E-state index contributed by atoms with van der Waals surface area (Å²) in [4.78, 5) is 4.02. The van der Waals surface area contributed by atoms with Gasteiger partial charge in [0, 0.05) is 6.61 Å². The zero-order valence-electron chi connectivity index (χ0n) is 6.63. The fourth-order valence-electron chi connectivity index (χ4n) is 0.735. The van der Waals surface area contributed by atoms with Gasteiger partial charge in [-0.25, -0.2) is 4.68 Å². The van der Waals surface area contributed by atoms with E-state index in [4.69, 9.17) is 4.74 Å². The van der Waals surface area contributed by atoms with Crippen LogP contribution in [0.3, 0.4) is 0 Å². The van der Waals surface area contributed by atoms with Crippen LogP contribution in [0.5, 0.6) is 0 Å². The molecule has 68 valence electrons. The average molecular weight is 299 g/mol. The maximum atomic E-state index is 5.18. The first-order valence-corrected chi connectivity index (χ1v) is 5.16. The van der Waals surface area contributed by atoms with Crippen molar-refractivity contribution in [2.75, 3.05) is 13.2 Å². The number of halogens is 2. The van der Waals surface area contributed by atoms with E-state index < -0.39 is 0 Å². The fourth-order valence-corrected chi connectivity index (χ4v) is 1.76. The Morgan fingerprint density at radius 1 is 1.50 bits per heavy atom. The summed E-state index contributed by atoms with van der Waals surface area (Å²) >= 11 is 6.45. The van der Waals surface area contributed by atoms with Crippen molar-refractivity contribution < 1.29 is 4.74 Å². The zero-order valence-corrected chi connectivity index (χ0v) is 9.80. The summed E-state index contributed by atoms with van der Waals surface area (Å²) in [6, 6.07) is 0. The monoisotopic (exact) mass is 297 g/mol. The zero-order chi connectivity index (χ0) is 8.97.